The van der Waals surface area contributed by atoms with E-state index >= 15 is 0 Å². The summed E-state index contributed by atoms with van der Waals surface area (Å²) in [4.78, 5) is 59.5. The summed E-state index contributed by atoms with van der Waals surface area (Å²) in [5.74, 6) is -3.72. The van der Waals surface area contributed by atoms with Crippen LogP contribution < -0.4 is 0 Å². The number of carbonyl (C=O) groups excluding carboxylic acids is 5. The van der Waals surface area contributed by atoms with Crippen LogP contribution in [0.25, 0.3) is 0 Å². The molecule has 0 aromatic heterocycles. The number of fused-ring (bicyclic) bond motifs is 1. The molecule has 0 saturated carbocycles. The zero-order valence-electron chi connectivity index (χ0n) is 21.2. The molecule has 196 valence electrons. The molecule has 0 unspecified atom stereocenters. The van der Waals surface area contributed by atoms with Gasteiger partial charge in [0.2, 0.25) is 0 Å². The van der Waals surface area contributed by atoms with Gasteiger partial charge in [-0.3, -0.25) is 14.4 Å². The fourth-order valence-electron chi connectivity index (χ4n) is 3.88. The first kappa shape index (κ1) is 28.5. The molecule has 36 heavy (non-hydrogen) atoms. The van der Waals surface area contributed by atoms with E-state index in [1.807, 2.05) is 13.0 Å². The number of ether oxygens (including phenoxy) is 5. The Morgan fingerprint density at radius 1 is 1.06 bits per heavy atom. The fourth-order valence-corrected chi connectivity index (χ4v) is 3.88. The van der Waals surface area contributed by atoms with Gasteiger partial charge < -0.3 is 23.7 Å². The lowest BCUT2D eigenvalue weighted by Gasteiger charge is -2.28. The Hall–Kier alpha value is -3.69. The smallest absolute Gasteiger partial charge is 0.337 e. The number of hydrogen-bond acceptors (Lipinski definition) is 10. The van der Waals surface area contributed by atoms with E-state index in [4.69, 9.17) is 23.7 Å². The monoisotopic (exact) mass is 504 g/mol. The van der Waals surface area contributed by atoms with Crippen LogP contribution in [0.1, 0.15) is 47.5 Å². The van der Waals surface area contributed by atoms with Crippen LogP contribution in [0, 0.1) is 5.92 Å². The molecule has 0 spiro atoms. The SMILES string of the molecule is C=C1C(=O)O[C@@H]2/C=C(\C)[C@@H](OC(C)=O)C/C=C(\C)C[C@@H](OC(=O)/C(=C/COC(C)=O)COC(C)=O)[C@@H]12. The van der Waals surface area contributed by atoms with Gasteiger partial charge in [0, 0.05) is 39.2 Å². The Morgan fingerprint density at radius 3 is 2.33 bits per heavy atom. The minimum absolute atomic E-state index is 0.0285. The van der Waals surface area contributed by atoms with Crippen molar-refractivity contribution in [2.24, 2.45) is 5.92 Å². The second kappa shape index (κ2) is 12.9. The topological polar surface area (TPSA) is 132 Å². The van der Waals surface area contributed by atoms with Gasteiger partial charge >= 0.3 is 29.8 Å². The summed E-state index contributed by atoms with van der Waals surface area (Å²) in [6, 6.07) is 0. The van der Waals surface area contributed by atoms with Crippen LogP contribution >= 0.6 is 0 Å². The predicted octanol–water partition coefficient (Wildman–Crippen LogP) is 2.67. The van der Waals surface area contributed by atoms with Crippen LogP contribution in [-0.2, 0) is 47.7 Å². The van der Waals surface area contributed by atoms with Crippen molar-refractivity contribution in [2.45, 2.75) is 65.8 Å². The molecule has 2 aliphatic rings. The highest BCUT2D eigenvalue weighted by Crippen LogP contribution is 2.36. The van der Waals surface area contributed by atoms with Crippen LogP contribution in [0.3, 0.4) is 0 Å². The summed E-state index contributed by atoms with van der Waals surface area (Å²) in [6.45, 7) is 10.6. The van der Waals surface area contributed by atoms with Gasteiger partial charge in [-0.2, -0.15) is 0 Å². The molecule has 1 aliphatic heterocycles. The van der Waals surface area contributed by atoms with E-state index in [1.54, 1.807) is 13.0 Å². The number of hydrogen-bond donors (Lipinski definition) is 0. The zero-order valence-corrected chi connectivity index (χ0v) is 21.2. The second-order valence-electron chi connectivity index (χ2n) is 8.68. The standard InChI is InChI=1S/C26H32O10/c1-14-7-8-21(34-19(6)29)15(2)12-23-24(16(3)25(30)35-23)22(11-14)36-26(31)20(13-33-18(5)28)9-10-32-17(4)27/h7,9,12,21-24H,3,8,10-11,13H2,1-2,4-6H3/b14-7+,15-12+,20-9+/t21-,22+,23+,24+/m0/s1. The van der Waals surface area contributed by atoms with Gasteiger partial charge in [-0.15, -0.1) is 0 Å². The zero-order chi connectivity index (χ0) is 27.0. The molecule has 4 atom stereocenters. The second-order valence-corrected chi connectivity index (χ2v) is 8.68. The van der Waals surface area contributed by atoms with E-state index in [0.29, 0.717) is 12.0 Å². The van der Waals surface area contributed by atoms with Gasteiger partial charge in [-0.05, 0) is 31.6 Å². The van der Waals surface area contributed by atoms with E-state index in [9.17, 15) is 24.0 Å². The van der Waals surface area contributed by atoms with E-state index < -0.39 is 54.1 Å². The van der Waals surface area contributed by atoms with E-state index in [2.05, 4.69) is 6.58 Å². The highest BCUT2D eigenvalue weighted by atomic mass is 16.6. The molecular formula is C26H32O10. The van der Waals surface area contributed by atoms with Crippen molar-refractivity contribution >= 4 is 29.8 Å². The van der Waals surface area contributed by atoms with Crippen LogP contribution in [-0.4, -0.2) is 61.4 Å². The normalized spacial score (nSPS) is 27.3. The molecule has 0 aromatic rings. The third-order valence-electron chi connectivity index (χ3n) is 5.68. The number of esters is 5. The van der Waals surface area contributed by atoms with Gasteiger partial charge in [-0.1, -0.05) is 18.2 Å². The molecule has 1 fully saturated rings. The maximum atomic E-state index is 13.1. The largest absolute Gasteiger partial charge is 0.462 e. The molecule has 2 rings (SSSR count). The summed E-state index contributed by atoms with van der Waals surface area (Å²) in [5.41, 5.74) is 1.62. The van der Waals surface area contributed by atoms with Gasteiger partial charge in [0.25, 0.3) is 0 Å². The molecule has 0 amide bonds. The Balaban J connectivity index is 2.38. The first-order chi connectivity index (χ1) is 16.9. The molecular weight excluding hydrogens is 472 g/mol. The van der Waals surface area contributed by atoms with E-state index in [1.165, 1.54) is 26.8 Å². The average molecular weight is 505 g/mol. The minimum atomic E-state index is -0.846. The summed E-state index contributed by atoms with van der Waals surface area (Å²) in [7, 11) is 0. The Labute approximate surface area is 209 Å². The quantitative estimate of drug-likeness (QED) is 0.221. The Kier molecular flexibility index (Phi) is 10.2. The third kappa shape index (κ3) is 8.21. The van der Waals surface area contributed by atoms with Crippen molar-refractivity contribution in [3.63, 3.8) is 0 Å². The highest BCUT2D eigenvalue weighted by Gasteiger charge is 2.45. The van der Waals surface area contributed by atoms with Crippen molar-refractivity contribution < 1.29 is 47.7 Å². The first-order valence-corrected chi connectivity index (χ1v) is 11.5. The molecule has 0 radical (unpaired) electrons. The Bertz CT molecular complexity index is 1020. The highest BCUT2D eigenvalue weighted by molar-refractivity contribution is 5.92. The lowest BCUT2D eigenvalue weighted by molar-refractivity contribution is -0.150. The Morgan fingerprint density at radius 2 is 1.72 bits per heavy atom. The van der Waals surface area contributed by atoms with Gasteiger partial charge in [-0.25, -0.2) is 9.59 Å². The molecule has 0 N–H and O–H groups in total. The number of carbonyl (C=O) groups is 5. The van der Waals surface area contributed by atoms with Crippen molar-refractivity contribution in [1.82, 2.24) is 0 Å². The summed E-state index contributed by atoms with van der Waals surface area (Å²) >= 11 is 0. The van der Waals surface area contributed by atoms with Crippen molar-refractivity contribution in [3.05, 3.63) is 47.1 Å². The van der Waals surface area contributed by atoms with E-state index in [-0.39, 0.29) is 30.8 Å². The molecule has 0 aromatic carbocycles. The average Bonchev–Trinajstić information content (AvgIpc) is 3.04. The maximum Gasteiger partial charge on any atom is 0.337 e. The third-order valence-corrected chi connectivity index (χ3v) is 5.68. The van der Waals surface area contributed by atoms with Gasteiger partial charge in [0.15, 0.2) is 0 Å². The summed E-state index contributed by atoms with van der Waals surface area (Å²) in [5, 5.41) is 0. The van der Waals surface area contributed by atoms with Crippen molar-refractivity contribution in [3.8, 4) is 0 Å². The molecule has 10 heteroatoms. The minimum Gasteiger partial charge on any atom is -0.462 e. The summed E-state index contributed by atoms with van der Waals surface area (Å²) in [6.07, 6.45) is 3.31. The van der Waals surface area contributed by atoms with Crippen molar-refractivity contribution in [1.29, 1.82) is 0 Å². The molecule has 1 aliphatic carbocycles. The lowest BCUT2D eigenvalue weighted by atomic mass is 9.85. The van der Waals surface area contributed by atoms with Crippen molar-refractivity contribution in [2.75, 3.05) is 13.2 Å². The van der Waals surface area contributed by atoms with Crippen LogP contribution in [0.5, 0.6) is 0 Å². The number of rotatable bonds is 7. The van der Waals surface area contributed by atoms with Crippen LogP contribution in [0.4, 0.5) is 0 Å². The summed E-state index contributed by atoms with van der Waals surface area (Å²) < 4.78 is 26.6. The molecule has 1 heterocycles. The van der Waals surface area contributed by atoms with Gasteiger partial charge in [0.05, 0.1) is 11.5 Å². The molecule has 1 saturated heterocycles. The van der Waals surface area contributed by atoms with Gasteiger partial charge in [0.1, 0.15) is 31.5 Å². The van der Waals surface area contributed by atoms with E-state index in [0.717, 1.165) is 5.57 Å². The first-order valence-electron chi connectivity index (χ1n) is 11.5. The van der Waals surface area contributed by atoms with Crippen LogP contribution in [0.15, 0.2) is 47.1 Å². The molecule has 0 bridgehead atoms. The maximum absolute atomic E-state index is 13.1. The fraction of sp³-hybridized carbons (Fsp3) is 0.500. The van der Waals surface area contributed by atoms with Crippen LogP contribution in [0.2, 0.25) is 0 Å². The molecule has 10 nitrogen and oxygen atoms in total. The lowest BCUT2D eigenvalue weighted by Crippen LogP contribution is -2.35. The predicted molar refractivity (Wildman–Crippen MR) is 126 cm³/mol.